The maximum Gasteiger partial charge on any atom is 0.218 e. The molecule has 0 fully saturated rings. The number of benzene rings is 1. The summed E-state index contributed by atoms with van der Waals surface area (Å²) in [4.78, 5) is 4.26. The Morgan fingerprint density at radius 1 is 1.06 bits per heavy atom. The molecule has 0 radical (unpaired) electrons. The van der Waals surface area contributed by atoms with Gasteiger partial charge in [-0.1, -0.05) is 36.4 Å². The van der Waals surface area contributed by atoms with Gasteiger partial charge in [0.05, 0.1) is 0 Å². The highest BCUT2D eigenvalue weighted by Crippen LogP contribution is 2.25. The first-order chi connectivity index (χ1) is 8.68. The molecular weight excluding hydrogens is 224 g/mol. The summed E-state index contributed by atoms with van der Waals surface area (Å²) in [6.45, 7) is 3.94. The summed E-state index contributed by atoms with van der Waals surface area (Å²) >= 11 is 0. The minimum absolute atomic E-state index is 0.0430. The lowest BCUT2D eigenvalue weighted by molar-refractivity contribution is 0.214. The van der Waals surface area contributed by atoms with Gasteiger partial charge in [0, 0.05) is 17.8 Å². The van der Waals surface area contributed by atoms with Crippen molar-refractivity contribution in [2.75, 3.05) is 0 Å². The molecule has 94 valence electrons. The number of hydrogen-bond donors (Lipinski definition) is 1. The van der Waals surface area contributed by atoms with Gasteiger partial charge in [0.15, 0.2) is 0 Å². The lowest BCUT2D eigenvalue weighted by Crippen LogP contribution is -2.11. The van der Waals surface area contributed by atoms with Crippen molar-refractivity contribution in [2.24, 2.45) is 5.73 Å². The average Bonchev–Trinajstić information content (AvgIpc) is 2.40. The molecule has 1 unspecified atom stereocenters. The van der Waals surface area contributed by atoms with Gasteiger partial charge in [-0.15, -0.1) is 0 Å². The summed E-state index contributed by atoms with van der Waals surface area (Å²) in [5.41, 5.74) is 7.96. The molecule has 0 aliphatic heterocycles. The van der Waals surface area contributed by atoms with Gasteiger partial charge in [-0.05, 0) is 25.5 Å². The first-order valence-corrected chi connectivity index (χ1v) is 6.10. The fourth-order valence-corrected chi connectivity index (χ4v) is 1.81. The van der Waals surface area contributed by atoms with Crippen LogP contribution < -0.4 is 10.5 Å². The van der Waals surface area contributed by atoms with E-state index in [0.717, 1.165) is 11.1 Å². The first-order valence-electron chi connectivity index (χ1n) is 6.10. The Bertz CT molecular complexity index is 497. The molecule has 1 aromatic heterocycles. The second-order valence-electron chi connectivity index (χ2n) is 4.36. The van der Waals surface area contributed by atoms with E-state index in [1.807, 2.05) is 56.3 Å². The molecule has 0 bridgehead atoms. The minimum atomic E-state index is -0.0864. The van der Waals surface area contributed by atoms with Crippen molar-refractivity contribution in [1.29, 1.82) is 0 Å². The number of nitrogens with two attached hydrogens (primary N) is 1. The summed E-state index contributed by atoms with van der Waals surface area (Å²) in [6.07, 6.45) is 1.68. The highest BCUT2D eigenvalue weighted by atomic mass is 16.5. The van der Waals surface area contributed by atoms with Gasteiger partial charge in [0.2, 0.25) is 5.88 Å². The molecule has 0 spiro atoms. The highest BCUT2D eigenvalue weighted by Gasteiger charge is 2.13. The molecule has 0 saturated heterocycles. The van der Waals surface area contributed by atoms with Crippen LogP contribution in [0.1, 0.15) is 37.1 Å². The standard InChI is InChI=1S/C15H18N2O/c1-11(16)14-9-6-10-17-15(14)18-12(2)13-7-4-3-5-8-13/h3-12H,16H2,1-2H3/t11-,12?/m0/s1. The lowest BCUT2D eigenvalue weighted by Gasteiger charge is -2.17. The zero-order valence-electron chi connectivity index (χ0n) is 10.7. The Labute approximate surface area is 108 Å². The number of aromatic nitrogens is 1. The van der Waals surface area contributed by atoms with E-state index in [1.54, 1.807) is 6.20 Å². The largest absolute Gasteiger partial charge is 0.470 e. The second-order valence-corrected chi connectivity index (χ2v) is 4.36. The maximum absolute atomic E-state index is 5.91. The third-order valence-electron chi connectivity index (χ3n) is 2.85. The molecule has 2 N–H and O–H groups in total. The normalized spacial score (nSPS) is 13.9. The summed E-state index contributed by atoms with van der Waals surface area (Å²) in [7, 11) is 0. The Balaban J connectivity index is 2.19. The molecule has 1 heterocycles. The van der Waals surface area contributed by atoms with Gasteiger partial charge >= 0.3 is 0 Å². The van der Waals surface area contributed by atoms with E-state index in [1.165, 1.54) is 0 Å². The van der Waals surface area contributed by atoms with Crippen molar-refractivity contribution < 1.29 is 4.74 Å². The van der Waals surface area contributed by atoms with Crippen molar-refractivity contribution in [1.82, 2.24) is 4.98 Å². The Hall–Kier alpha value is -1.87. The van der Waals surface area contributed by atoms with Crippen molar-refractivity contribution in [3.8, 4) is 5.88 Å². The van der Waals surface area contributed by atoms with Gasteiger partial charge in [-0.25, -0.2) is 4.98 Å². The fraction of sp³-hybridized carbons (Fsp3) is 0.267. The van der Waals surface area contributed by atoms with Gasteiger partial charge in [-0.2, -0.15) is 0 Å². The molecule has 1 aromatic carbocycles. The van der Waals surface area contributed by atoms with Crippen LogP contribution in [0.2, 0.25) is 0 Å². The third-order valence-corrected chi connectivity index (χ3v) is 2.85. The van der Waals surface area contributed by atoms with Crippen LogP contribution in [0.3, 0.4) is 0 Å². The minimum Gasteiger partial charge on any atom is -0.470 e. The summed E-state index contributed by atoms with van der Waals surface area (Å²) in [6, 6.07) is 13.8. The van der Waals surface area contributed by atoms with Crippen molar-refractivity contribution in [3.05, 3.63) is 59.8 Å². The Morgan fingerprint density at radius 2 is 1.78 bits per heavy atom. The predicted molar refractivity (Wildman–Crippen MR) is 72.3 cm³/mol. The summed E-state index contributed by atoms with van der Waals surface area (Å²) in [5.74, 6) is 0.615. The van der Waals surface area contributed by atoms with Crippen molar-refractivity contribution in [3.63, 3.8) is 0 Å². The third kappa shape index (κ3) is 2.87. The van der Waals surface area contributed by atoms with Crippen LogP contribution in [-0.4, -0.2) is 4.98 Å². The van der Waals surface area contributed by atoms with E-state index in [-0.39, 0.29) is 12.1 Å². The quantitative estimate of drug-likeness (QED) is 0.895. The zero-order chi connectivity index (χ0) is 13.0. The van der Waals surface area contributed by atoms with E-state index in [9.17, 15) is 0 Å². The number of pyridine rings is 1. The molecule has 0 aliphatic rings. The molecule has 2 atom stereocenters. The van der Waals surface area contributed by atoms with E-state index in [0.29, 0.717) is 5.88 Å². The molecule has 3 nitrogen and oxygen atoms in total. The van der Waals surface area contributed by atoms with Crippen LogP contribution >= 0.6 is 0 Å². The molecule has 0 saturated carbocycles. The predicted octanol–water partition coefficient (Wildman–Crippen LogP) is 3.24. The fourth-order valence-electron chi connectivity index (χ4n) is 1.81. The number of ether oxygens (including phenoxy) is 1. The maximum atomic E-state index is 5.91. The van der Waals surface area contributed by atoms with Gasteiger partial charge in [-0.3, -0.25) is 0 Å². The molecule has 2 rings (SSSR count). The molecule has 3 heteroatoms. The van der Waals surface area contributed by atoms with Crippen LogP contribution in [0.15, 0.2) is 48.7 Å². The SMILES string of the molecule is CC(Oc1ncccc1[C@H](C)N)c1ccccc1. The zero-order valence-corrected chi connectivity index (χ0v) is 10.7. The Kier molecular flexibility index (Phi) is 3.95. The molecular formula is C15H18N2O. The number of hydrogen-bond acceptors (Lipinski definition) is 3. The van der Waals surface area contributed by atoms with Crippen LogP contribution in [-0.2, 0) is 0 Å². The van der Waals surface area contributed by atoms with Crippen LogP contribution in [0.25, 0.3) is 0 Å². The molecule has 2 aromatic rings. The van der Waals surface area contributed by atoms with E-state index in [4.69, 9.17) is 10.5 Å². The van der Waals surface area contributed by atoms with Gasteiger partial charge < -0.3 is 10.5 Å². The van der Waals surface area contributed by atoms with Gasteiger partial charge in [0.25, 0.3) is 0 Å². The van der Waals surface area contributed by atoms with E-state index in [2.05, 4.69) is 4.98 Å². The van der Waals surface area contributed by atoms with Crippen molar-refractivity contribution in [2.45, 2.75) is 26.0 Å². The van der Waals surface area contributed by atoms with Crippen molar-refractivity contribution >= 4 is 0 Å². The lowest BCUT2D eigenvalue weighted by atomic mass is 10.1. The van der Waals surface area contributed by atoms with Crippen LogP contribution in [0.4, 0.5) is 0 Å². The molecule has 0 amide bonds. The molecule has 18 heavy (non-hydrogen) atoms. The Morgan fingerprint density at radius 3 is 2.44 bits per heavy atom. The number of nitrogens with zero attached hydrogens (tertiary/aromatic N) is 1. The summed E-state index contributed by atoms with van der Waals surface area (Å²) in [5, 5.41) is 0. The topological polar surface area (TPSA) is 48.1 Å². The van der Waals surface area contributed by atoms with E-state index < -0.39 is 0 Å². The van der Waals surface area contributed by atoms with Gasteiger partial charge in [0.1, 0.15) is 6.10 Å². The average molecular weight is 242 g/mol. The smallest absolute Gasteiger partial charge is 0.218 e. The summed E-state index contributed by atoms with van der Waals surface area (Å²) < 4.78 is 5.90. The highest BCUT2D eigenvalue weighted by molar-refractivity contribution is 5.29. The van der Waals surface area contributed by atoms with Crippen LogP contribution in [0.5, 0.6) is 5.88 Å². The number of rotatable bonds is 4. The monoisotopic (exact) mass is 242 g/mol. The molecule has 0 aliphatic carbocycles. The second kappa shape index (κ2) is 5.65. The van der Waals surface area contributed by atoms with Crippen LogP contribution in [0, 0.1) is 0 Å². The van der Waals surface area contributed by atoms with E-state index >= 15 is 0 Å². The first kappa shape index (κ1) is 12.6.